The Kier molecular flexibility index (Phi) is 7.70. The van der Waals surface area contributed by atoms with E-state index in [1.165, 1.54) is 5.56 Å². The van der Waals surface area contributed by atoms with Crippen LogP contribution in [0.1, 0.15) is 17.9 Å². The van der Waals surface area contributed by atoms with E-state index < -0.39 is 0 Å². The molecule has 0 aliphatic rings. The fourth-order valence-corrected chi connectivity index (χ4v) is 1.84. The lowest BCUT2D eigenvalue weighted by molar-refractivity contribution is 0.311. The zero-order valence-corrected chi connectivity index (χ0v) is 14.0. The fourth-order valence-electron chi connectivity index (χ4n) is 1.84. The molecule has 7 heteroatoms. The molecule has 2 rings (SSSR count). The van der Waals surface area contributed by atoms with Gasteiger partial charge in [0, 0.05) is 13.6 Å². The number of ether oxygens (including phenoxy) is 1. The highest BCUT2D eigenvalue weighted by atomic mass is 35.5. The minimum absolute atomic E-state index is 0. The Balaban J connectivity index is 0.00000242. The van der Waals surface area contributed by atoms with E-state index in [0.717, 1.165) is 18.7 Å². The molecule has 2 aromatic rings. The van der Waals surface area contributed by atoms with Gasteiger partial charge in [0.1, 0.15) is 5.75 Å². The van der Waals surface area contributed by atoms with Crippen molar-refractivity contribution in [1.29, 1.82) is 0 Å². The van der Waals surface area contributed by atoms with Crippen LogP contribution in [-0.2, 0) is 6.54 Å². The number of anilines is 1. The van der Waals surface area contributed by atoms with E-state index in [1.807, 2.05) is 43.3 Å². The van der Waals surface area contributed by atoms with Crippen LogP contribution in [0.5, 0.6) is 5.75 Å². The molecule has 0 amide bonds. The van der Waals surface area contributed by atoms with Gasteiger partial charge in [0.25, 0.3) is 0 Å². The first-order chi connectivity index (χ1) is 10.2. The van der Waals surface area contributed by atoms with Crippen LogP contribution in [-0.4, -0.2) is 37.4 Å². The summed E-state index contributed by atoms with van der Waals surface area (Å²) in [5, 5.41) is 10.9. The number of aromatic nitrogens is 2. The topological polar surface area (TPSA) is 63.4 Å². The van der Waals surface area contributed by atoms with E-state index in [0.29, 0.717) is 25.1 Å². The molecule has 0 saturated heterocycles. The molecule has 0 atom stereocenters. The SMILES string of the molecule is CNCc1nnc(N(C)CCCOc2ccc(C)cc2)o1.Cl. The van der Waals surface area contributed by atoms with E-state index in [2.05, 4.69) is 22.4 Å². The quantitative estimate of drug-likeness (QED) is 0.752. The summed E-state index contributed by atoms with van der Waals surface area (Å²) >= 11 is 0. The van der Waals surface area contributed by atoms with E-state index >= 15 is 0 Å². The lowest BCUT2D eigenvalue weighted by atomic mass is 10.2. The van der Waals surface area contributed by atoms with Gasteiger partial charge >= 0.3 is 6.01 Å². The van der Waals surface area contributed by atoms with Gasteiger partial charge in [-0.15, -0.1) is 17.5 Å². The molecule has 22 heavy (non-hydrogen) atoms. The molecule has 1 aromatic carbocycles. The van der Waals surface area contributed by atoms with Crippen LogP contribution in [0.4, 0.5) is 6.01 Å². The van der Waals surface area contributed by atoms with Crippen LogP contribution in [0.2, 0.25) is 0 Å². The molecular weight excluding hydrogens is 304 g/mol. The zero-order valence-electron chi connectivity index (χ0n) is 13.2. The van der Waals surface area contributed by atoms with Gasteiger partial charge in [-0.05, 0) is 32.5 Å². The molecule has 0 aliphatic heterocycles. The number of hydrogen-bond acceptors (Lipinski definition) is 6. The number of hydrogen-bond donors (Lipinski definition) is 1. The molecule has 0 radical (unpaired) electrons. The van der Waals surface area contributed by atoms with Crippen LogP contribution in [0.25, 0.3) is 0 Å². The molecular formula is C15H23ClN4O2. The fraction of sp³-hybridized carbons (Fsp3) is 0.467. The lowest BCUT2D eigenvalue weighted by Gasteiger charge is -2.14. The zero-order chi connectivity index (χ0) is 15.1. The van der Waals surface area contributed by atoms with E-state index in [-0.39, 0.29) is 12.4 Å². The summed E-state index contributed by atoms with van der Waals surface area (Å²) in [5.41, 5.74) is 1.23. The predicted octanol–water partition coefficient (Wildman–Crippen LogP) is 2.42. The first kappa shape index (κ1) is 18.3. The van der Waals surface area contributed by atoms with Crippen molar-refractivity contribution in [2.75, 3.05) is 32.1 Å². The minimum atomic E-state index is 0. The highest BCUT2D eigenvalue weighted by molar-refractivity contribution is 5.85. The van der Waals surface area contributed by atoms with E-state index in [1.54, 1.807) is 0 Å². The average Bonchev–Trinajstić information content (AvgIpc) is 2.94. The summed E-state index contributed by atoms with van der Waals surface area (Å²) in [5.74, 6) is 1.49. The number of rotatable bonds is 8. The van der Waals surface area contributed by atoms with Gasteiger partial charge in [-0.1, -0.05) is 22.8 Å². The van der Waals surface area contributed by atoms with Crippen molar-refractivity contribution >= 4 is 18.4 Å². The molecule has 1 N–H and O–H groups in total. The van der Waals surface area contributed by atoms with E-state index in [4.69, 9.17) is 9.15 Å². The Bertz CT molecular complexity index is 545. The van der Waals surface area contributed by atoms with Crippen LogP contribution >= 0.6 is 12.4 Å². The van der Waals surface area contributed by atoms with Crippen LogP contribution in [0.15, 0.2) is 28.7 Å². The Morgan fingerprint density at radius 2 is 1.95 bits per heavy atom. The highest BCUT2D eigenvalue weighted by Crippen LogP contribution is 2.13. The van der Waals surface area contributed by atoms with Crippen molar-refractivity contribution in [2.24, 2.45) is 0 Å². The standard InChI is InChI=1S/C15H22N4O2.ClH/c1-12-5-7-13(8-6-12)20-10-4-9-19(3)15-18-17-14(21-15)11-16-2;/h5-8,16H,4,9-11H2,1-3H3;1H. The first-order valence-electron chi connectivity index (χ1n) is 7.06. The molecule has 6 nitrogen and oxygen atoms in total. The monoisotopic (exact) mass is 326 g/mol. The van der Waals surface area contributed by atoms with Crippen molar-refractivity contribution in [3.63, 3.8) is 0 Å². The van der Waals surface area contributed by atoms with Crippen LogP contribution in [0, 0.1) is 6.92 Å². The molecule has 0 aliphatic carbocycles. The van der Waals surface area contributed by atoms with Gasteiger partial charge in [0.05, 0.1) is 13.2 Å². The maximum atomic E-state index is 5.69. The first-order valence-corrected chi connectivity index (χ1v) is 7.06. The molecule has 122 valence electrons. The third-order valence-electron chi connectivity index (χ3n) is 3.04. The molecule has 0 bridgehead atoms. The second-order valence-corrected chi connectivity index (χ2v) is 4.95. The largest absolute Gasteiger partial charge is 0.494 e. The average molecular weight is 327 g/mol. The highest BCUT2D eigenvalue weighted by Gasteiger charge is 2.09. The van der Waals surface area contributed by atoms with Crippen molar-refractivity contribution in [2.45, 2.75) is 19.9 Å². The summed E-state index contributed by atoms with van der Waals surface area (Å²) in [6.45, 7) is 4.10. The van der Waals surface area contributed by atoms with Gasteiger partial charge in [-0.2, -0.15) is 0 Å². The summed E-state index contributed by atoms with van der Waals surface area (Å²) < 4.78 is 11.2. The van der Waals surface area contributed by atoms with Gasteiger partial charge in [-0.25, -0.2) is 0 Å². The smallest absolute Gasteiger partial charge is 0.317 e. The third-order valence-corrected chi connectivity index (χ3v) is 3.04. The second-order valence-electron chi connectivity index (χ2n) is 4.95. The molecule has 0 spiro atoms. The number of aryl methyl sites for hydroxylation is 1. The molecule has 0 saturated carbocycles. The van der Waals surface area contributed by atoms with Crippen molar-refractivity contribution in [3.05, 3.63) is 35.7 Å². The molecule has 0 unspecified atom stereocenters. The number of halogens is 1. The number of benzene rings is 1. The second kappa shape index (κ2) is 9.27. The third kappa shape index (κ3) is 5.54. The summed E-state index contributed by atoms with van der Waals surface area (Å²) in [6.07, 6.45) is 0.883. The lowest BCUT2D eigenvalue weighted by Crippen LogP contribution is -2.20. The molecule has 1 aromatic heterocycles. The Morgan fingerprint density at radius 1 is 1.23 bits per heavy atom. The predicted molar refractivity (Wildman–Crippen MR) is 88.9 cm³/mol. The van der Waals surface area contributed by atoms with Crippen LogP contribution < -0.4 is 15.0 Å². The summed E-state index contributed by atoms with van der Waals surface area (Å²) in [6, 6.07) is 8.60. The number of nitrogens with zero attached hydrogens (tertiary/aromatic N) is 3. The summed E-state index contributed by atoms with van der Waals surface area (Å²) in [4.78, 5) is 1.94. The minimum Gasteiger partial charge on any atom is -0.494 e. The van der Waals surface area contributed by atoms with Crippen LogP contribution in [0.3, 0.4) is 0 Å². The van der Waals surface area contributed by atoms with E-state index in [9.17, 15) is 0 Å². The van der Waals surface area contributed by atoms with Gasteiger partial charge < -0.3 is 19.4 Å². The Hall–Kier alpha value is -1.79. The van der Waals surface area contributed by atoms with Gasteiger partial charge in [-0.3, -0.25) is 0 Å². The van der Waals surface area contributed by atoms with Crippen molar-refractivity contribution in [3.8, 4) is 5.75 Å². The molecule has 1 heterocycles. The maximum Gasteiger partial charge on any atom is 0.317 e. The van der Waals surface area contributed by atoms with Crippen molar-refractivity contribution in [1.82, 2.24) is 15.5 Å². The van der Waals surface area contributed by atoms with Gasteiger partial charge in [0.2, 0.25) is 5.89 Å². The number of nitrogens with one attached hydrogen (secondary N) is 1. The van der Waals surface area contributed by atoms with Crippen molar-refractivity contribution < 1.29 is 9.15 Å². The molecule has 0 fully saturated rings. The van der Waals surface area contributed by atoms with Gasteiger partial charge in [0.15, 0.2) is 0 Å². The maximum absolute atomic E-state index is 5.69. The Labute approximate surface area is 137 Å². The Morgan fingerprint density at radius 3 is 2.64 bits per heavy atom. The summed E-state index contributed by atoms with van der Waals surface area (Å²) in [7, 11) is 3.78. The normalized spacial score (nSPS) is 10.1.